The minimum absolute atomic E-state index is 0.148. The monoisotopic (exact) mass is 521 g/mol. The van der Waals surface area contributed by atoms with E-state index in [4.69, 9.17) is 12.2 Å². The molecule has 2 aliphatic heterocycles. The number of thiocarbonyl (C=S) groups is 1. The summed E-state index contributed by atoms with van der Waals surface area (Å²) in [6.45, 7) is 6.47. The SMILES string of the molecule is CCCCCCCN1C(=O)/C(=C2/C(=O)N(CC(=O)Nc3cc(C)ccc3C)c3ccccc32)SC1=S. The average Bonchev–Trinajstić information content (AvgIpc) is 3.28. The number of nitrogens with zero attached hydrogens (tertiary/aromatic N) is 2. The Bertz CT molecular complexity index is 1250. The van der Waals surface area contributed by atoms with Gasteiger partial charge in [-0.3, -0.25) is 24.2 Å². The predicted molar refractivity (Wildman–Crippen MR) is 151 cm³/mol. The first-order valence-corrected chi connectivity index (χ1v) is 13.6. The lowest BCUT2D eigenvalue weighted by molar-refractivity contribution is -0.122. The number of carbonyl (C=O) groups excluding carboxylic acids is 3. The summed E-state index contributed by atoms with van der Waals surface area (Å²) < 4.78 is 0.481. The van der Waals surface area contributed by atoms with E-state index in [0.717, 1.165) is 42.5 Å². The molecule has 2 aliphatic rings. The van der Waals surface area contributed by atoms with E-state index in [0.29, 0.717) is 32.6 Å². The molecule has 188 valence electrons. The van der Waals surface area contributed by atoms with E-state index in [1.165, 1.54) is 23.1 Å². The number of carbonyl (C=O) groups is 3. The summed E-state index contributed by atoms with van der Waals surface area (Å²) in [5.41, 5.74) is 4.31. The fraction of sp³-hybridized carbons (Fsp3) is 0.357. The molecule has 2 aromatic rings. The van der Waals surface area contributed by atoms with Crippen LogP contribution in [0, 0.1) is 13.8 Å². The van der Waals surface area contributed by atoms with Gasteiger partial charge in [-0.05, 0) is 43.5 Å². The number of para-hydroxylation sites is 1. The summed E-state index contributed by atoms with van der Waals surface area (Å²) in [4.78, 5) is 43.3. The Kier molecular flexibility index (Phi) is 8.26. The van der Waals surface area contributed by atoms with E-state index in [-0.39, 0.29) is 24.3 Å². The van der Waals surface area contributed by atoms with Crippen molar-refractivity contribution in [1.82, 2.24) is 4.90 Å². The van der Waals surface area contributed by atoms with Gasteiger partial charge in [-0.15, -0.1) is 0 Å². The first-order chi connectivity index (χ1) is 17.3. The van der Waals surface area contributed by atoms with Gasteiger partial charge in [-0.1, -0.05) is 86.9 Å². The van der Waals surface area contributed by atoms with E-state index in [1.54, 1.807) is 11.0 Å². The normalized spacial score (nSPS) is 17.2. The van der Waals surface area contributed by atoms with E-state index in [2.05, 4.69) is 12.2 Å². The molecular formula is C28H31N3O3S2. The van der Waals surface area contributed by atoms with Crippen molar-refractivity contribution in [2.45, 2.75) is 52.9 Å². The summed E-state index contributed by atoms with van der Waals surface area (Å²) in [5, 5.41) is 2.92. The number of amides is 3. The van der Waals surface area contributed by atoms with Gasteiger partial charge in [-0.25, -0.2) is 0 Å². The van der Waals surface area contributed by atoms with Crippen LogP contribution in [-0.4, -0.2) is 40.0 Å². The Morgan fingerprint density at radius 3 is 2.50 bits per heavy atom. The van der Waals surface area contributed by atoms with Gasteiger partial charge in [0.25, 0.3) is 11.8 Å². The van der Waals surface area contributed by atoms with Crippen LogP contribution in [0.15, 0.2) is 47.4 Å². The van der Waals surface area contributed by atoms with Crippen LogP contribution in [-0.2, 0) is 14.4 Å². The Morgan fingerprint density at radius 1 is 0.972 bits per heavy atom. The molecule has 0 bridgehead atoms. The van der Waals surface area contributed by atoms with Crippen LogP contribution in [0.2, 0.25) is 0 Å². The van der Waals surface area contributed by atoms with Crippen molar-refractivity contribution in [2.24, 2.45) is 0 Å². The zero-order chi connectivity index (χ0) is 25.8. The number of hydrogen-bond donors (Lipinski definition) is 1. The average molecular weight is 522 g/mol. The molecule has 3 amide bonds. The second-order valence-corrected chi connectivity index (χ2v) is 10.9. The zero-order valence-corrected chi connectivity index (χ0v) is 22.6. The fourth-order valence-electron chi connectivity index (χ4n) is 4.48. The lowest BCUT2D eigenvalue weighted by Crippen LogP contribution is -2.35. The highest BCUT2D eigenvalue weighted by molar-refractivity contribution is 8.26. The number of aryl methyl sites for hydroxylation is 2. The smallest absolute Gasteiger partial charge is 0.267 e. The molecule has 0 aromatic heterocycles. The maximum absolute atomic E-state index is 13.6. The number of rotatable bonds is 9. The van der Waals surface area contributed by atoms with Gasteiger partial charge >= 0.3 is 0 Å². The molecular weight excluding hydrogens is 490 g/mol. The topological polar surface area (TPSA) is 69.7 Å². The number of unbranched alkanes of at least 4 members (excludes halogenated alkanes) is 4. The van der Waals surface area contributed by atoms with Crippen molar-refractivity contribution in [3.05, 3.63) is 64.1 Å². The van der Waals surface area contributed by atoms with Crippen LogP contribution in [0.3, 0.4) is 0 Å². The van der Waals surface area contributed by atoms with Gasteiger partial charge in [0.2, 0.25) is 5.91 Å². The van der Waals surface area contributed by atoms with Gasteiger partial charge in [0.05, 0.1) is 16.2 Å². The molecule has 4 rings (SSSR count). The summed E-state index contributed by atoms with van der Waals surface area (Å²) in [6.07, 6.45) is 5.40. The number of thioether (sulfide) groups is 1. The van der Waals surface area contributed by atoms with Crippen molar-refractivity contribution in [3.63, 3.8) is 0 Å². The third-order valence-corrected chi connectivity index (χ3v) is 7.90. The first kappa shape index (κ1) is 26.1. The molecule has 8 heteroatoms. The number of benzene rings is 2. The van der Waals surface area contributed by atoms with E-state index < -0.39 is 0 Å². The highest BCUT2D eigenvalue weighted by Crippen LogP contribution is 2.44. The molecule has 0 atom stereocenters. The van der Waals surface area contributed by atoms with E-state index >= 15 is 0 Å². The van der Waals surface area contributed by atoms with E-state index in [1.807, 2.05) is 50.2 Å². The van der Waals surface area contributed by atoms with Crippen molar-refractivity contribution < 1.29 is 14.4 Å². The molecule has 6 nitrogen and oxygen atoms in total. The minimum Gasteiger partial charge on any atom is -0.324 e. The molecule has 1 N–H and O–H groups in total. The third kappa shape index (κ3) is 5.39. The Morgan fingerprint density at radius 2 is 1.72 bits per heavy atom. The lowest BCUT2D eigenvalue weighted by Gasteiger charge is -2.17. The zero-order valence-electron chi connectivity index (χ0n) is 20.9. The van der Waals surface area contributed by atoms with Crippen LogP contribution >= 0.6 is 24.0 Å². The minimum atomic E-state index is -0.351. The molecule has 36 heavy (non-hydrogen) atoms. The number of anilines is 2. The van der Waals surface area contributed by atoms with Crippen LogP contribution in [0.4, 0.5) is 11.4 Å². The summed E-state index contributed by atoms with van der Waals surface area (Å²) in [7, 11) is 0. The number of nitrogens with one attached hydrogen (secondary N) is 1. The summed E-state index contributed by atoms with van der Waals surface area (Å²) >= 11 is 6.69. The highest BCUT2D eigenvalue weighted by Gasteiger charge is 2.42. The molecule has 1 fully saturated rings. The molecule has 2 aromatic carbocycles. The van der Waals surface area contributed by atoms with Crippen molar-refractivity contribution in [3.8, 4) is 0 Å². The first-order valence-electron chi connectivity index (χ1n) is 12.4. The third-order valence-electron chi connectivity index (χ3n) is 6.45. The van der Waals surface area contributed by atoms with Crippen molar-refractivity contribution in [2.75, 3.05) is 23.3 Å². The summed E-state index contributed by atoms with van der Waals surface area (Å²) in [5.74, 6) is -0.871. The van der Waals surface area contributed by atoms with Crippen LogP contribution < -0.4 is 10.2 Å². The molecule has 0 radical (unpaired) electrons. The molecule has 1 saturated heterocycles. The van der Waals surface area contributed by atoms with Gasteiger partial charge in [-0.2, -0.15) is 0 Å². The van der Waals surface area contributed by atoms with Crippen molar-refractivity contribution in [1.29, 1.82) is 0 Å². The van der Waals surface area contributed by atoms with Crippen molar-refractivity contribution >= 4 is 63.0 Å². The van der Waals surface area contributed by atoms with Crippen LogP contribution in [0.5, 0.6) is 0 Å². The summed E-state index contributed by atoms with van der Waals surface area (Å²) in [6, 6.07) is 13.1. The predicted octanol–water partition coefficient (Wildman–Crippen LogP) is 5.83. The van der Waals surface area contributed by atoms with Gasteiger partial charge in [0, 0.05) is 17.8 Å². The molecule has 0 aliphatic carbocycles. The second kappa shape index (κ2) is 11.4. The second-order valence-electron chi connectivity index (χ2n) is 9.22. The molecule has 0 saturated carbocycles. The Labute approximate surface area is 222 Å². The highest BCUT2D eigenvalue weighted by atomic mass is 32.2. The van der Waals surface area contributed by atoms with Gasteiger partial charge in [0.15, 0.2) is 0 Å². The maximum atomic E-state index is 13.6. The number of hydrogen-bond acceptors (Lipinski definition) is 5. The standard InChI is InChI=1S/C28H31N3O3S2/c1-4-5-6-7-10-15-30-27(34)25(36-28(30)35)24-20-11-8-9-12-22(20)31(26(24)33)17-23(32)29-21-16-18(2)13-14-19(21)3/h8-9,11-14,16H,4-7,10,15,17H2,1-3H3,(H,29,32)/b25-24-. The molecule has 0 spiro atoms. The Hall–Kier alpha value is -2.97. The largest absolute Gasteiger partial charge is 0.324 e. The lowest BCUT2D eigenvalue weighted by atomic mass is 10.1. The van der Waals surface area contributed by atoms with Gasteiger partial charge < -0.3 is 5.32 Å². The van der Waals surface area contributed by atoms with Crippen LogP contribution in [0.25, 0.3) is 5.57 Å². The maximum Gasteiger partial charge on any atom is 0.267 e. The molecule has 2 heterocycles. The quantitative estimate of drug-likeness (QED) is 0.255. The fourth-order valence-corrected chi connectivity index (χ4v) is 5.86. The number of fused-ring (bicyclic) bond motifs is 1. The Balaban J connectivity index is 1.55. The van der Waals surface area contributed by atoms with Gasteiger partial charge in [0.1, 0.15) is 10.9 Å². The van der Waals surface area contributed by atoms with E-state index in [9.17, 15) is 14.4 Å². The van der Waals surface area contributed by atoms with Crippen LogP contribution in [0.1, 0.15) is 55.7 Å². The molecule has 0 unspecified atom stereocenters.